The van der Waals surface area contributed by atoms with Crippen molar-refractivity contribution in [3.05, 3.63) is 23.5 Å². The largest absolute Gasteiger partial charge is 0.369 e. The topological polar surface area (TPSA) is 47.1 Å². The molecule has 0 aliphatic carbocycles. The van der Waals surface area contributed by atoms with Gasteiger partial charge in [0, 0.05) is 12.6 Å². The Morgan fingerprint density at radius 3 is 2.55 bits per heavy atom. The summed E-state index contributed by atoms with van der Waals surface area (Å²) in [7, 11) is 4.07. The lowest BCUT2D eigenvalue weighted by Gasteiger charge is -2.27. The number of aromatic nitrogens is 2. The monoisotopic (exact) mass is 278 g/mol. The molecule has 0 aliphatic rings. The number of anilines is 1. The minimum Gasteiger partial charge on any atom is -0.369 e. The van der Waals surface area contributed by atoms with E-state index in [2.05, 4.69) is 23.7 Å². The van der Waals surface area contributed by atoms with Gasteiger partial charge in [-0.2, -0.15) is 0 Å². The summed E-state index contributed by atoms with van der Waals surface area (Å²) in [6.07, 6.45) is 0. The Balaban J connectivity index is 2.62. The van der Waals surface area contributed by atoms with Crippen LogP contribution in [-0.4, -0.2) is 35.1 Å². The molecule has 1 aromatic carbocycles. The van der Waals surface area contributed by atoms with Crippen molar-refractivity contribution in [1.82, 2.24) is 14.5 Å². The van der Waals surface area contributed by atoms with Crippen molar-refractivity contribution >= 4 is 17.0 Å². The van der Waals surface area contributed by atoms with Gasteiger partial charge in [-0.05, 0) is 38.6 Å². The van der Waals surface area contributed by atoms with E-state index < -0.39 is 0 Å². The van der Waals surface area contributed by atoms with Gasteiger partial charge >= 0.3 is 0 Å². The highest BCUT2D eigenvalue weighted by Crippen LogP contribution is 2.29. The van der Waals surface area contributed by atoms with Crippen molar-refractivity contribution in [2.75, 3.05) is 26.4 Å². The Labute approximate surface area is 119 Å². The van der Waals surface area contributed by atoms with Crippen molar-refractivity contribution < 1.29 is 4.39 Å². The van der Waals surface area contributed by atoms with E-state index in [1.807, 2.05) is 24.7 Å². The van der Waals surface area contributed by atoms with E-state index in [1.165, 1.54) is 6.07 Å². The summed E-state index contributed by atoms with van der Waals surface area (Å²) in [6, 6.07) is 3.50. The molecule has 0 saturated heterocycles. The van der Waals surface area contributed by atoms with Crippen molar-refractivity contribution in [2.24, 2.45) is 5.92 Å². The third-order valence-corrected chi connectivity index (χ3v) is 3.65. The van der Waals surface area contributed by atoms with Gasteiger partial charge in [0.1, 0.15) is 5.82 Å². The van der Waals surface area contributed by atoms with E-state index in [9.17, 15) is 4.39 Å². The molecule has 0 bridgehead atoms. The minimum atomic E-state index is -0.240. The summed E-state index contributed by atoms with van der Waals surface area (Å²) < 4.78 is 15.7. The van der Waals surface area contributed by atoms with Gasteiger partial charge < -0.3 is 15.2 Å². The second kappa shape index (κ2) is 5.40. The summed E-state index contributed by atoms with van der Waals surface area (Å²) in [4.78, 5) is 6.44. The molecule has 0 fully saturated rings. The van der Waals surface area contributed by atoms with Crippen LogP contribution in [0.3, 0.4) is 0 Å². The first-order valence-electron chi connectivity index (χ1n) is 6.89. The van der Waals surface area contributed by atoms with Gasteiger partial charge in [-0.1, -0.05) is 13.8 Å². The van der Waals surface area contributed by atoms with Crippen LogP contribution in [0, 0.1) is 18.7 Å². The van der Waals surface area contributed by atoms with Gasteiger partial charge in [-0.25, -0.2) is 9.37 Å². The van der Waals surface area contributed by atoms with Crippen LogP contribution in [0.5, 0.6) is 0 Å². The number of imidazole rings is 1. The van der Waals surface area contributed by atoms with E-state index in [0.29, 0.717) is 22.9 Å². The van der Waals surface area contributed by atoms with Crippen LogP contribution < -0.4 is 5.73 Å². The number of nitrogens with zero attached hydrogens (tertiary/aromatic N) is 3. The van der Waals surface area contributed by atoms with Gasteiger partial charge in [0.15, 0.2) is 0 Å². The number of fused-ring (bicyclic) bond motifs is 1. The Morgan fingerprint density at radius 2 is 2.00 bits per heavy atom. The molecule has 0 aliphatic heterocycles. The first kappa shape index (κ1) is 14.8. The number of aryl methyl sites for hydroxylation is 1. The molecule has 4 nitrogen and oxygen atoms in total. The van der Waals surface area contributed by atoms with Gasteiger partial charge in [0.25, 0.3) is 0 Å². The SMILES string of the molecule is Cc1cc2c(cc1F)nc(N)n2C(CN(C)C)C(C)C. The molecule has 2 rings (SSSR count). The number of hydrogen-bond donors (Lipinski definition) is 1. The van der Waals surface area contributed by atoms with Gasteiger partial charge in [-0.3, -0.25) is 0 Å². The maximum atomic E-state index is 13.7. The summed E-state index contributed by atoms with van der Waals surface area (Å²) in [5.41, 5.74) is 8.22. The maximum absolute atomic E-state index is 13.7. The second-order valence-electron chi connectivity index (χ2n) is 6.00. The molecule has 110 valence electrons. The van der Waals surface area contributed by atoms with E-state index in [4.69, 9.17) is 5.73 Å². The smallest absolute Gasteiger partial charge is 0.201 e. The number of nitrogens with two attached hydrogens (primary N) is 1. The highest BCUT2D eigenvalue weighted by atomic mass is 19.1. The van der Waals surface area contributed by atoms with Crippen LogP contribution >= 0.6 is 0 Å². The highest BCUT2D eigenvalue weighted by molar-refractivity contribution is 5.79. The number of benzene rings is 1. The number of hydrogen-bond acceptors (Lipinski definition) is 3. The summed E-state index contributed by atoms with van der Waals surface area (Å²) in [5.74, 6) is 0.615. The quantitative estimate of drug-likeness (QED) is 0.935. The molecule has 2 aromatic rings. The van der Waals surface area contributed by atoms with Crippen molar-refractivity contribution in [1.29, 1.82) is 0 Å². The molecule has 0 spiro atoms. The Kier molecular flexibility index (Phi) is 3.99. The molecule has 1 aromatic heterocycles. The molecule has 0 amide bonds. The number of nitrogen functional groups attached to an aromatic ring is 1. The van der Waals surface area contributed by atoms with E-state index >= 15 is 0 Å². The van der Waals surface area contributed by atoms with E-state index in [0.717, 1.165) is 12.1 Å². The predicted molar refractivity (Wildman–Crippen MR) is 81.3 cm³/mol. The van der Waals surface area contributed by atoms with Crippen LogP contribution in [0.15, 0.2) is 12.1 Å². The van der Waals surface area contributed by atoms with Crippen LogP contribution in [0.1, 0.15) is 25.5 Å². The first-order valence-corrected chi connectivity index (χ1v) is 6.89. The van der Waals surface area contributed by atoms with Crippen LogP contribution in [0.25, 0.3) is 11.0 Å². The summed E-state index contributed by atoms with van der Waals surface area (Å²) >= 11 is 0. The zero-order valence-corrected chi connectivity index (χ0v) is 12.8. The minimum absolute atomic E-state index is 0.208. The molecule has 5 heteroatoms. The summed E-state index contributed by atoms with van der Waals surface area (Å²) in [6.45, 7) is 6.95. The third kappa shape index (κ3) is 2.63. The Bertz CT molecular complexity index is 616. The van der Waals surface area contributed by atoms with Crippen molar-refractivity contribution in [3.8, 4) is 0 Å². The maximum Gasteiger partial charge on any atom is 0.201 e. The van der Waals surface area contributed by atoms with Gasteiger partial charge in [0.2, 0.25) is 5.95 Å². The van der Waals surface area contributed by atoms with Crippen molar-refractivity contribution in [3.63, 3.8) is 0 Å². The lowest BCUT2D eigenvalue weighted by Crippen LogP contribution is -2.29. The standard InChI is InChI=1S/C15H23FN4/c1-9(2)14(8-19(4)5)20-13-6-10(3)11(16)7-12(13)18-15(20)17/h6-7,9,14H,8H2,1-5H3,(H2,17,18). The van der Waals surface area contributed by atoms with Gasteiger partial charge in [0.05, 0.1) is 17.1 Å². The molecule has 2 N–H and O–H groups in total. The van der Waals surface area contributed by atoms with E-state index in [1.54, 1.807) is 6.92 Å². The first-order chi connectivity index (χ1) is 9.31. The molecule has 0 radical (unpaired) electrons. The lowest BCUT2D eigenvalue weighted by atomic mass is 10.0. The average molecular weight is 278 g/mol. The zero-order chi connectivity index (χ0) is 15.0. The van der Waals surface area contributed by atoms with Crippen LogP contribution in [-0.2, 0) is 0 Å². The van der Waals surface area contributed by atoms with E-state index in [-0.39, 0.29) is 11.9 Å². The molecule has 1 heterocycles. The number of rotatable bonds is 4. The molecule has 20 heavy (non-hydrogen) atoms. The molecule has 1 atom stereocenters. The fraction of sp³-hybridized carbons (Fsp3) is 0.533. The second-order valence-corrected chi connectivity index (χ2v) is 6.00. The van der Waals surface area contributed by atoms with Crippen LogP contribution in [0.2, 0.25) is 0 Å². The fourth-order valence-electron chi connectivity index (χ4n) is 2.55. The molecular weight excluding hydrogens is 255 g/mol. The number of likely N-dealkylation sites (N-methyl/N-ethyl adjacent to an activating group) is 1. The normalized spacial score (nSPS) is 13.6. The lowest BCUT2D eigenvalue weighted by molar-refractivity contribution is 0.275. The molecular formula is C15H23FN4. The molecule has 0 saturated carbocycles. The Morgan fingerprint density at radius 1 is 1.35 bits per heavy atom. The third-order valence-electron chi connectivity index (χ3n) is 3.65. The molecule has 1 unspecified atom stereocenters. The van der Waals surface area contributed by atoms with Crippen LogP contribution in [0.4, 0.5) is 10.3 Å². The average Bonchev–Trinajstić information content (AvgIpc) is 2.62. The fourth-order valence-corrected chi connectivity index (χ4v) is 2.55. The Hall–Kier alpha value is -1.62. The zero-order valence-electron chi connectivity index (χ0n) is 12.8. The van der Waals surface area contributed by atoms with Gasteiger partial charge in [-0.15, -0.1) is 0 Å². The predicted octanol–water partition coefficient (Wildman–Crippen LogP) is 2.82. The van der Waals surface area contributed by atoms with Crippen molar-refractivity contribution in [2.45, 2.75) is 26.8 Å². The number of halogens is 1. The highest BCUT2D eigenvalue weighted by Gasteiger charge is 2.22. The summed E-state index contributed by atoms with van der Waals surface area (Å²) in [5, 5.41) is 0.